The number of carbonyl (C=O) groups is 1. The van der Waals surface area contributed by atoms with Crippen LogP contribution in [0.4, 0.5) is 8.78 Å². The molecule has 0 aliphatic rings. The second-order valence-corrected chi connectivity index (χ2v) is 4.95. The Morgan fingerprint density at radius 1 is 1.14 bits per heavy atom. The number of aliphatic hydroxyl groups is 1. The Morgan fingerprint density at radius 3 is 2.55 bits per heavy atom. The minimum Gasteiger partial charge on any atom is -0.396 e. The molecule has 0 fully saturated rings. The third-order valence-electron chi connectivity index (χ3n) is 3.43. The second kappa shape index (κ2) is 7.66. The third-order valence-corrected chi connectivity index (χ3v) is 3.43. The van der Waals surface area contributed by atoms with Crippen LogP contribution in [0.2, 0.25) is 0 Å². The third kappa shape index (κ3) is 4.11. The zero-order valence-electron chi connectivity index (χ0n) is 11.9. The van der Waals surface area contributed by atoms with Gasteiger partial charge in [0.1, 0.15) is 11.6 Å². The Kier molecular flexibility index (Phi) is 5.61. The highest BCUT2D eigenvalue weighted by Crippen LogP contribution is 2.18. The summed E-state index contributed by atoms with van der Waals surface area (Å²) >= 11 is 0. The molecule has 1 atom stereocenters. The molecule has 0 aromatic heterocycles. The first-order valence-corrected chi connectivity index (χ1v) is 7.01. The topological polar surface area (TPSA) is 49.3 Å². The smallest absolute Gasteiger partial charge is 0.254 e. The standard InChI is InChI=1S/C17H17F2NO2/c18-14-6-7-16(19)15(10-14)17(22)20-11-13(8-9-21)12-4-2-1-3-5-12/h1-7,10,13,21H,8-9,11H2,(H,20,22). The minimum absolute atomic E-state index is 0.0240. The van der Waals surface area contributed by atoms with Crippen LogP contribution in [0.3, 0.4) is 0 Å². The van der Waals surface area contributed by atoms with Crippen molar-refractivity contribution in [1.29, 1.82) is 0 Å². The predicted molar refractivity (Wildman–Crippen MR) is 79.6 cm³/mol. The van der Waals surface area contributed by atoms with E-state index < -0.39 is 17.5 Å². The highest BCUT2D eigenvalue weighted by atomic mass is 19.1. The van der Waals surface area contributed by atoms with Gasteiger partial charge in [-0.15, -0.1) is 0 Å². The van der Waals surface area contributed by atoms with Gasteiger partial charge in [-0.05, 0) is 30.2 Å². The lowest BCUT2D eigenvalue weighted by atomic mass is 9.96. The van der Waals surface area contributed by atoms with E-state index in [-0.39, 0.29) is 24.6 Å². The Labute approximate surface area is 127 Å². The van der Waals surface area contributed by atoms with Gasteiger partial charge in [-0.3, -0.25) is 4.79 Å². The van der Waals surface area contributed by atoms with Gasteiger partial charge >= 0.3 is 0 Å². The molecular formula is C17H17F2NO2. The van der Waals surface area contributed by atoms with Gasteiger partial charge in [0.2, 0.25) is 0 Å². The molecule has 0 bridgehead atoms. The summed E-state index contributed by atoms with van der Waals surface area (Å²) in [6, 6.07) is 12.2. The first-order chi connectivity index (χ1) is 10.6. The molecule has 5 heteroatoms. The summed E-state index contributed by atoms with van der Waals surface area (Å²) in [5, 5.41) is 11.7. The summed E-state index contributed by atoms with van der Waals surface area (Å²) in [6.45, 7) is 0.211. The predicted octanol–water partition coefficient (Wildman–Crippen LogP) is 2.86. The zero-order valence-corrected chi connectivity index (χ0v) is 11.9. The zero-order chi connectivity index (χ0) is 15.9. The van der Waals surface area contributed by atoms with Gasteiger partial charge in [-0.1, -0.05) is 30.3 Å². The van der Waals surface area contributed by atoms with Crippen LogP contribution in [0.1, 0.15) is 28.3 Å². The maximum Gasteiger partial charge on any atom is 0.254 e. The molecule has 2 aromatic rings. The molecule has 2 rings (SSSR count). The van der Waals surface area contributed by atoms with Crippen molar-refractivity contribution in [2.24, 2.45) is 0 Å². The van der Waals surface area contributed by atoms with Gasteiger partial charge in [-0.2, -0.15) is 0 Å². The van der Waals surface area contributed by atoms with Crippen molar-refractivity contribution in [3.63, 3.8) is 0 Å². The van der Waals surface area contributed by atoms with E-state index in [0.29, 0.717) is 6.42 Å². The Hall–Kier alpha value is -2.27. The maximum atomic E-state index is 13.5. The molecule has 0 saturated heterocycles. The molecule has 0 heterocycles. The first-order valence-electron chi connectivity index (χ1n) is 7.01. The molecule has 0 aliphatic carbocycles. The molecule has 2 aromatic carbocycles. The summed E-state index contributed by atoms with van der Waals surface area (Å²) in [4.78, 5) is 12.0. The number of hydrogen-bond acceptors (Lipinski definition) is 2. The fourth-order valence-electron chi connectivity index (χ4n) is 2.25. The van der Waals surface area contributed by atoms with E-state index in [1.54, 1.807) is 0 Å². The van der Waals surface area contributed by atoms with Gasteiger partial charge in [0.25, 0.3) is 5.91 Å². The van der Waals surface area contributed by atoms with Crippen molar-refractivity contribution in [2.45, 2.75) is 12.3 Å². The molecule has 1 amide bonds. The van der Waals surface area contributed by atoms with Gasteiger partial charge < -0.3 is 10.4 Å². The van der Waals surface area contributed by atoms with E-state index in [0.717, 1.165) is 23.8 Å². The number of nitrogens with one attached hydrogen (secondary N) is 1. The normalized spacial score (nSPS) is 12.0. The summed E-state index contributed by atoms with van der Waals surface area (Å²) in [6.07, 6.45) is 0.468. The van der Waals surface area contributed by atoms with Crippen LogP contribution in [0.15, 0.2) is 48.5 Å². The van der Waals surface area contributed by atoms with E-state index in [4.69, 9.17) is 5.11 Å². The Balaban J connectivity index is 2.06. The fourth-order valence-corrected chi connectivity index (χ4v) is 2.25. The van der Waals surface area contributed by atoms with Crippen molar-refractivity contribution >= 4 is 5.91 Å². The molecular weight excluding hydrogens is 288 g/mol. The SMILES string of the molecule is O=C(NCC(CCO)c1ccccc1)c1cc(F)ccc1F. The highest BCUT2D eigenvalue weighted by Gasteiger charge is 2.16. The number of benzene rings is 2. The first kappa shape index (κ1) is 16.1. The van der Waals surface area contributed by atoms with Crippen molar-refractivity contribution in [2.75, 3.05) is 13.2 Å². The Bertz CT molecular complexity index is 632. The van der Waals surface area contributed by atoms with Crippen LogP contribution in [0, 0.1) is 11.6 Å². The average molecular weight is 305 g/mol. The lowest BCUT2D eigenvalue weighted by Gasteiger charge is -2.17. The fraction of sp³-hybridized carbons (Fsp3) is 0.235. The van der Waals surface area contributed by atoms with Gasteiger partial charge in [0.15, 0.2) is 0 Å². The second-order valence-electron chi connectivity index (χ2n) is 4.95. The molecule has 2 N–H and O–H groups in total. The van der Waals surface area contributed by atoms with E-state index >= 15 is 0 Å². The Morgan fingerprint density at radius 2 is 1.86 bits per heavy atom. The molecule has 1 unspecified atom stereocenters. The van der Waals surface area contributed by atoms with Crippen LogP contribution >= 0.6 is 0 Å². The lowest BCUT2D eigenvalue weighted by molar-refractivity contribution is 0.0944. The number of aliphatic hydroxyl groups excluding tert-OH is 1. The van der Waals surface area contributed by atoms with E-state index in [1.807, 2.05) is 30.3 Å². The lowest BCUT2D eigenvalue weighted by Crippen LogP contribution is -2.29. The van der Waals surface area contributed by atoms with Crippen molar-refractivity contribution in [3.05, 3.63) is 71.3 Å². The maximum absolute atomic E-state index is 13.5. The molecule has 0 aliphatic heterocycles. The van der Waals surface area contributed by atoms with Gasteiger partial charge in [0, 0.05) is 19.1 Å². The average Bonchev–Trinajstić information content (AvgIpc) is 2.54. The largest absolute Gasteiger partial charge is 0.396 e. The van der Waals surface area contributed by atoms with Crippen molar-refractivity contribution in [1.82, 2.24) is 5.32 Å². The van der Waals surface area contributed by atoms with E-state index in [2.05, 4.69) is 5.32 Å². The van der Waals surface area contributed by atoms with E-state index in [1.165, 1.54) is 0 Å². The summed E-state index contributed by atoms with van der Waals surface area (Å²) in [5.74, 6) is -2.19. The highest BCUT2D eigenvalue weighted by molar-refractivity contribution is 5.94. The summed E-state index contributed by atoms with van der Waals surface area (Å²) in [7, 11) is 0. The number of rotatable bonds is 6. The van der Waals surface area contributed by atoms with Gasteiger partial charge in [-0.25, -0.2) is 8.78 Å². The number of carbonyl (C=O) groups excluding carboxylic acids is 1. The van der Waals surface area contributed by atoms with Crippen LogP contribution in [-0.2, 0) is 0 Å². The quantitative estimate of drug-likeness (QED) is 0.862. The molecule has 116 valence electrons. The molecule has 0 spiro atoms. The van der Waals surface area contributed by atoms with Crippen molar-refractivity contribution < 1.29 is 18.7 Å². The summed E-state index contributed by atoms with van der Waals surface area (Å²) < 4.78 is 26.7. The molecule has 0 saturated carbocycles. The molecule has 22 heavy (non-hydrogen) atoms. The summed E-state index contributed by atoms with van der Waals surface area (Å²) in [5.41, 5.74) is 0.646. The van der Waals surface area contributed by atoms with E-state index in [9.17, 15) is 13.6 Å². The van der Waals surface area contributed by atoms with Crippen LogP contribution in [0.5, 0.6) is 0 Å². The van der Waals surface area contributed by atoms with Crippen molar-refractivity contribution in [3.8, 4) is 0 Å². The molecule has 0 radical (unpaired) electrons. The minimum atomic E-state index is -0.766. The monoisotopic (exact) mass is 305 g/mol. The van der Waals surface area contributed by atoms with Crippen LogP contribution in [-0.4, -0.2) is 24.2 Å². The number of amides is 1. The van der Waals surface area contributed by atoms with Gasteiger partial charge in [0.05, 0.1) is 5.56 Å². The van der Waals surface area contributed by atoms with Crippen LogP contribution in [0.25, 0.3) is 0 Å². The van der Waals surface area contributed by atoms with Crippen LogP contribution < -0.4 is 5.32 Å². The molecule has 3 nitrogen and oxygen atoms in total. The number of halogens is 2. The number of hydrogen-bond donors (Lipinski definition) is 2.